The Morgan fingerprint density at radius 3 is 2.64 bits per heavy atom. The maximum absolute atomic E-state index is 15.6. The number of nitrogen functional groups attached to an aromatic ring is 1. The van der Waals surface area contributed by atoms with E-state index in [2.05, 4.69) is 16.0 Å². The van der Waals surface area contributed by atoms with Crippen molar-refractivity contribution in [2.75, 3.05) is 31.9 Å². The van der Waals surface area contributed by atoms with Crippen molar-refractivity contribution in [3.8, 4) is 28.8 Å². The predicted octanol–water partition coefficient (Wildman–Crippen LogP) is 4.08. The molecular formula is C32H33FN8O3. The van der Waals surface area contributed by atoms with Gasteiger partial charge in [-0.05, 0) is 57.0 Å². The molecule has 12 heteroatoms. The van der Waals surface area contributed by atoms with Gasteiger partial charge in [0.05, 0.1) is 17.5 Å². The van der Waals surface area contributed by atoms with Crippen LogP contribution in [-0.2, 0) is 4.79 Å². The van der Waals surface area contributed by atoms with Crippen LogP contribution in [0.1, 0.15) is 32.7 Å². The number of benzene rings is 2. The number of β-amino-alcohol motifs (C(OH)–C–C–N with tert-alkyl or cyclic N) is 1. The van der Waals surface area contributed by atoms with E-state index in [1.807, 2.05) is 36.9 Å². The summed E-state index contributed by atoms with van der Waals surface area (Å²) in [6.45, 7) is 5.59. The Hall–Kier alpha value is -4.86. The molecule has 44 heavy (non-hydrogen) atoms. The average Bonchev–Trinajstić information content (AvgIpc) is 3.39. The summed E-state index contributed by atoms with van der Waals surface area (Å²) in [5.74, 6) is 0.173. The smallest absolute Gasteiger partial charge is 0.264 e. The predicted molar refractivity (Wildman–Crippen MR) is 162 cm³/mol. The summed E-state index contributed by atoms with van der Waals surface area (Å²) in [5.41, 5.74) is 6.71. The molecule has 2 aliphatic heterocycles. The minimum Gasteiger partial charge on any atom is -0.457 e. The lowest BCUT2D eigenvalue weighted by atomic mass is 9.93. The number of aromatic nitrogens is 4. The highest BCUT2D eigenvalue weighted by atomic mass is 19.1. The molecule has 1 atom stereocenters. The molecule has 2 saturated heterocycles. The van der Waals surface area contributed by atoms with Crippen molar-refractivity contribution in [2.24, 2.45) is 0 Å². The number of hydrogen-bond donors (Lipinski definition) is 2. The monoisotopic (exact) mass is 596 g/mol. The number of rotatable bonds is 7. The van der Waals surface area contributed by atoms with Crippen molar-refractivity contribution < 1.29 is 19.0 Å². The molecule has 2 aromatic heterocycles. The second-order valence-corrected chi connectivity index (χ2v) is 11.7. The lowest BCUT2D eigenvalue weighted by molar-refractivity contribution is -0.128. The van der Waals surface area contributed by atoms with Crippen LogP contribution in [0.25, 0.3) is 22.3 Å². The molecule has 2 fully saturated rings. The van der Waals surface area contributed by atoms with Gasteiger partial charge in [0.1, 0.15) is 46.8 Å². The van der Waals surface area contributed by atoms with E-state index < -0.39 is 17.5 Å². The third-order valence-electron chi connectivity index (χ3n) is 8.25. The largest absolute Gasteiger partial charge is 0.457 e. The molecule has 0 saturated carbocycles. The molecule has 3 N–H and O–H groups in total. The molecule has 0 bridgehead atoms. The number of likely N-dealkylation sites (tertiary alicyclic amines) is 2. The maximum Gasteiger partial charge on any atom is 0.264 e. The first-order chi connectivity index (χ1) is 21.1. The number of aliphatic hydroxyl groups is 1. The Kier molecular flexibility index (Phi) is 7.75. The second kappa shape index (κ2) is 11.7. The van der Waals surface area contributed by atoms with Crippen LogP contribution in [0.3, 0.4) is 0 Å². The summed E-state index contributed by atoms with van der Waals surface area (Å²) in [6, 6.07) is 15.4. The molecule has 2 aromatic carbocycles. The highest BCUT2D eigenvalue weighted by molar-refractivity contribution is 5.99. The fourth-order valence-corrected chi connectivity index (χ4v) is 5.84. The lowest BCUT2D eigenvalue weighted by Crippen LogP contribution is -2.59. The highest BCUT2D eigenvalue weighted by Crippen LogP contribution is 2.36. The molecule has 0 aliphatic carbocycles. The molecule has 11 nitrogen and oxygen atoms in total. The number of para-hydroxylation sites is 1. The van der Waals surface area contributed by atoms with Crippen molar-refractivity contribution in [3.05, 3.63) is 72.3 Å². The van der Waals surface area contributed by atoms with E-state index in [-0.39, 0.29) is 35.4 Å². The van der Waals surface area contributed by atoms with Crippen molar-refractivity contribution in [3.63, 3.8) is 0 Å². The Bertz CT molecular complexity index is 1780. The van der Waals surface area contributed by atoms with E-state index in [0.717, 1.165) is 0 Å². The molecule has 0 radical (unpaired) electrons. The van der Waals surface area contributed by atoms with Crippen molar-refractivity contribution in [2.45, 2.75) is 44.4 Å². The number of piperidine rings is 1. The molecular weight excluding hydrogens is 563 g/mol. The standard InChI is InChI=1S/C32H33FN8O3/c1-32(2,40-17-22(42)18-40)14-20(15-34)31(43)39-12-6-7-21(16-39)41-30-27(29(35)36-19-37-30)28(38-41)25-11-10-24(13-26(25)33)44-23-8-4-3-5-9-23/h3-5,8-11,13-14,19,21-22,42H,6-7,12,16-18H2,1-2H3,(H2,35,36,37)/b20-14+. The molecule has 4 aromatic rings. The van der Waals surface area contributed by atoms with Crippen LogP contribution in [0.5, 0.6) is 11.5 Å². The fourth-order valence-electron chi connectivity index (χ4n) is 5.84. The number of nitrogens with zero attached hydrogens (tertiary/aromatic N) is 7. The van der Waals surface area contributed by atoms with Crippen LogP contribution < -0.4 is 10.5 Å². The zero-order valence-corrected chi connectivity index (χ0v) is 24.5. The van der Waals surface area contributed by atoms with Crippen LogP contribution in [0.2, 0.25) is 0 Å². The number of amides is 1. The number of carbonyl (C=O) groups excluding carboxylic acids is 1. The Balaban J connectivity index is 1.29. The molecule has 2 aliphatic rings. The van der Waals surface area contributed by atoms with Gasteiger partial charge in [0.2, 0.25) is 0 Å². The summed E-state index contributed by atoms with van der Waals surface area (Å²) >= 11 is 0. The van der Waals surface area contributed by atoms with Gasteiger partial charge in [-0.3, -0.25) is 9.69 Å². The van der Waals surface area contributed by atoms with E-state index in [1.165, 1.54) is 12.4 Å². The lowest BCUT2D eigenvalue weighted by Gasteiger charge is -2.46. The number of halogens is 1. The van der Waals surface area contributed by atoms with Gasteiger partial charge >= 0.3 is 0 Å². The molecule has 1 unspecified atom stereocenters. The first kappa shape index (κ1) is 29.2. The maximum atomic E-state index is 15.6. The molecule has 1 amide bonds. The van der Waals surface area contributed by atoms with Crippen LogP contribution in [0.4, 0.5) is 10.2 Å². The number of nitrogens with two attached hydrogens (primary N) is 1. The van der Waals surface area contributed by atoms with Crippen LogP contribution in [-0.4, -0.2) is 78.4 Å². The first-order valence-corrected chi connectivity index (χ1v) is 14.5. The summed E-state index contributed by atoms with van der Waals surface area (Å²) in [4.78, 5) is 25.8. The van der Waals surface area contributed by atoms with Gasteiger partial charge < -0.3 is 20.5 Å². The first-order valence-electron chi connectivity index (χ1n) is 14.5. The molecule has 226 valence electrons. The van der Waals surface area contributed by atoms with Crippen LogP contribution in [0, 0.1) is 17.1 Å². The second-order valence-electron chi connectivity index (χ2n) is 11.7. The minimum absolute atomic E-state index is 0.0505. The number of aliphatic hydroxyl groups excluding tert-OH is 1. The van der Waals surface area contributed by atoms with Gasteiger partial charge in [0, 0.05) is 43.3 Å². The summed E-state index contributed by atoms with van der Waals surface area (Å²) in [5, 5.41) is 24.8. The van der Waals surface area contributed by atoms with E-state index in [0.29, 0.717) is 60.7 Å². The van der Waals surface area contributed by atoms with Gasteiger partial charge in [-0.15, -0.1) is 0 Å². The van der Waals surface area contributed by atoms with E-state index in [1.54, 1.807) is 39.9 Å². The summed E-state index contributed by atoms with van der Waals surface area (Å²) < 4.78 is 23.1. The van der Waals surface area contributed by atoms with Crippen LogP contribution in [0.15, 0.2) is 66.5 Å². The van der Waals surface area contributed by atoms with Crippen molar-refractivity contribution in [1.82, 2.24) is 29.5 Å². The summed E-state index contributed by atoms with van der Waals surface area (Å²) in [6.07, 6.45) is 3.98. The zero-order valence-electron chi connectivity index (χ0n) is 24.5. The SMILES string of the molecule is CC(C)(/C=C(\C#N)C(=O)N1CCCC(n2nc(-c3ccc(Oc4ccccc4)cc3F)c3c(N)ncnc32)C1)N1CC(O)C1. The highest BCUT2D eigenvalue weighted by Gasteiger charge is 2.37. The van der Waals surface area contributed by atoms with E-state index in [9.17, 15) is 15.2 Å². The van der Waals surface area contributed by atoms with Gasteiger partial charge in [-0.25, -0.2) is 19.0 Å². The van der Waals surface area contributed by atoms with Crippen molar-refractivity contribution in [1.29, 1.82) is 5.26 Å². The number of fused-ring (bicyclic) bond motifs is 1. The number of ether oxygens (including phenoxy) is 1. The molecule has 0 spiro atoms. The molecule has 4 heterocycles. The fraction of sp³-hybridized carbons (Fsp3) is 0.344. The number of carbonyl (C=O) groups is 1. The van der Waals surface area contributed by atoms with Gasteiger partial charge in [0.25, 0.3) is 5.91 Å². The topological polar surface area (TPSA) is 146 Å². The quantitative estimate of drug-likeness (QED) is 0.238. The van der Waals surface area contributed by atoms with Crippen molar-refractivity contribution >= 4 is 22.8 Å². The van der Waals surface area contributed by atoms with E-state index >= 15 is 4.39 Å². The Morgan fingerprint density at radius 1 is 1.16 bits per heavy atom. The zero-order chi connectivity index (χ0) is 31.0. The average molecular weight is 597 g/mol. The number of hydrogen-bond acceptors (Lipinski definition) is 9. The number of anilines is 1. The Morgan fingerprint density at radius 2 is 1.93 bits per heavy atom. The molecule has 6 rings (SSSR count). The minimum atomic E-state index is -0.567. The van der Waals surface area contributed by atoms with Crippen LogP contribution >= 0.6 is 0 Å². The third-order valence-corrected chi connectivity index (χ3v) is 8.25. The van der Waals surface area contributed by atoms with Gasteiger partial charge in [-0.2, -0.15) is 10.4 Å². The number of nitriles is 1. The summed E-state index contributed by atoms with van der Waals surface area (Å²) in [7, 11) is 0. The third kappa shape index (κ3) is 5.59. The van der Waals surface area contributed by atoms with Gasteiger partial charge in [-0.1, -0.05) is 18.2 Å². The normalized spacial score (nSPS) is 18.2. The van der Waals surface area contributed by atoms with E-state index in [4.69, 9.17) is 15.6 Å². The Labute approximate surface area is 254 Å². The van der Waals surface area contributed by atoms with Gasteiger partial charge in [0.15, 0.2) is 5.65 Å².